The Bertz CT molecular complexity index is 737. The molecule has 2 N–H and O–H groups in total. The van der Waals surface area contributed by atoms with Gasteiger partial charge in [-0.05, 0) is 24.7 Å². The number of benzene rings is 1. The van der Waals surface area contributed by atoms with E-state index in [1.165, 1.54) is 12.1 Å². The van der Waals surface area contributed by atoms with Crippen molar-refractivity contribution in [3.63, 3.8) is 0 Å². The molecule has 0 atom stereocenters. The highest BCUT2D eigenvalue weighted by Gasteiger charge is 2.30. The Hall–Kier alpha value is -2.19. The Balaban J connectivity index is 1.88. The molecule has 0 aliphatic carbocycles. The molecule has 1 aliphatic heterocycles. The maximum atomic E-state index is 12.8. The summed E-state index contributed by atoms with van der Waals surface area (Å²) in [6.07, 6.45) is -4.35. The lowest BCUT2D eigenvalue weighted by atomic mass is 10.1. The minimum atomic E-state index is -4.35. The van der Waals surface area contributed by atoms with Gasteiger partial charge in [-0.2, -0.15) is 13.2 Å². The lowest BCUT2D eigenvalue weighted by molar-refractivity contribution is -0.137. The summed E-state index contributed by atoms with van der Waals surface area (Å²) in [6.45, 7) is 6.88. The monoisotopic (exact) mass is 365 g/mol. The number of alkyl halides is 3. The van der Waals surface area contributed by atoms with Crippen molar-refractivity contribution in [2.75, 3.05) is 37.6 Å². The first-order chi connectivity index (χ1) is 12.4. The smallest absolute Gasteiger partial charge is 0.338 e. The Morgan fingerprint density at radius 2 is 1.69 bits per heavy atom. The van der Waals surface area contributed by atoms with E-state index < -0.39 is 11.7 Å². The van der Waals surface area contributed by atoms with E-state index in [1.54, 1.807) is 6.07 Å². The minimum absolute atomic E-state index is 0.248. The maximum Gasteiger partial charge on any atom is 0.416 e. The van der Waals surface area contributed by atoms with Gasteiger partial charge in [0.05, 0.1) is 17.0 Å². The zero-order chi connectivity index (χ0) is 18.7. The first-order valence-electron chi connectivity index (χ1n) is 8.63. The quantitative estimate of drug-likeness (QED) is 0.903. The highest BCUT2D eigenvalue weighted by atomic mass is 19.4. The zero-order valence-electron chi connectivity index (χ0n) is 14.6. The number of aromatic nitrogens is 2. The van der Waals surface area contributed by atoms with Gasteiger partial charge in [-0.15, -0.1) is 0 Å². The average Bonchev–Trinajstić information content (AvgIpc) is 2.67. The van der Waals surface area contributed by atoms with Crippen molar-refractivity contribution in [1.29, 1.82) is 0 Å². The van der Waals surface area contributed by atoms with Crippen LogP contribution in [0, 0.1) is 0 Å². The molecule has 0 bridgehead atoms. The predicted molar refractivity (Wildman–Crippen MR) is 94.7 cm³/mol. The van der Waals surface area contributed by atoms with Crippen molar-refractivity contribution in [3.05, 3.63) is 41.6 Å². The highest BCUT2D eigenvalue weighted by Crippen LogP contribution is 2.31. The SMILES string of the molecule is CCN1CCN(c2nc(CN)cc(-c3ccc(C(F)(F)F)cc3)n2)CC1. The number of anilines is 1. The lowest BCUT2D eigenvalue weighted by Gasteiger charge is -2.34. The third-order valence-corrected chi connectivity index (χ3v) is 4.59. The molecule has 1 fully saturated rings. The first kappa shape index (κ1) is 18.6. The number of hydrogen-bond donors (Lipinski definition) is 1. The van der Waals surface area contributed by atoms with Crippen LogP contribution in [0.4, 0.5) is 19.1 Å². The van der Waals surface area contributed by atoms with Crippen LogP contribution in [0.1, 0.15) is 18.2 Å². The average molecular weight is 365 g/mol. The van der Waals surface area contributed by atoms with Crippen molar-refractivity contribution in [1.82, 2.24) is 14.9 Å². The molecule has 2 aromatic rings. The molecule has 0 unspecified atom stereocenters. The lowest BCUT2D eigenvalue weighted by Crippen LogP contribution is -2.46. The predicted octanol–water partition coefficient (Wildman–Crippen LogP) is 2.76. The zero-order valence-corrected chi connectivity index (χ0v) is 14.6. The fourth-order valence-corrected chi connectivity index (χ4v) is 2.97. The van der Waals surface area contributed by atoms with E-state index in [1.807, 2.05) is 0 Å². The van der Waals surface area contributed by atoms with Gasteiger partial charge in [-0.25, -0.2) is 9.97 Å². The second kappa shape index (κ2) is 7.59. The molecule has 140 valence electrons. The number of nitrogens with two attached hydrogens (primary N) is 1. The summed E-state index contributed by atoms with van der Waals surface area (Å²) in [6, 6.07) is 6.74. The molecular weight excluding hydrogens is 343 g/mol. The van der Waals surface area contributed by atoms with Gasteiger partial charge >= 0.3 is 6.18 Å². The molecule has 0 spiro atoms. The molecule has 0 amide bonds. The van der Waals surface area contributed by atoms with Crippen LogP contribution in [-0.2, 0) is 12.7 Å². The third kappa shape index (κ3) is 4.13. The molecule has 1 aromatic heterocycles. The summed E-state index contributed by atoms with van der Waals surface area (Å²) in [5.74, 6) is 0.582. The number of hydrogen-bond acceptors (Lipinski definition) is 5. The summed E-state index contributed by atoms with van der Waals surface area (Å²) >= 11 is 0. The van der Waals surface area contributed by atoms with Crippen molar-refractivity contribution in [2.45, 2.75) is 19.6 Å². The first-order valence-corrected chi connectivity index (χ1v) is 8.63. The van der Waals surface area contributed by atoms with Crippen molar-refractivity contribution in [2.24, 2.45) is 5.73 Å². The van der Waals surface area contributed by atoms with Crippen LogP contribution in [0.25, 0.3) is 11.3 Å². The van der Waals surface area contributed by atoms with Crippen LogP contribution in [0.15, 0.2) is 30.3 Å². The van der Waals surface area contributed by atoms with Gasteiger partial charge in [0.15, 0.2) is 0 Å². The van der Waals surface area contributed by atoms with Crippen molar-refractivity contribution in [3.8, 4) is 11.3 Å². The number of rotatable bonds is 4. The maximum absolute atomic E-state index is 12.8. The van der Waals surface area contributed by atoms with Crippen molar-refractivity contribution < 1.29 is 13.2 Å². The largest absolute Gasteiger partial charge is 0.416 e. The van der Waals surface area contributed by atoms with E-state index in [9.17, 15) is 13.2 Å². The van der Waals surface area contributed by atoms with E-state index in [-0.39, 0.29) is 6.54 Å². The van der Waals surface area contributed by atoms with Gasteiger partial charge in [0.1, 0.15) is 0 Å². The van der Waals surface area contributed by atoms with Crippen LogP contribution in [0.5, 0.6) is 0 Å². The summed E-state index contributed by atoms with van der Waals surface area (Å²) < 4.78 is 38.3. The number of nitrogens with zero attached hydrogens (tertiary/aromatic N) is 4. The van der Waals surface area contributed by atoms with Crippen LogP contribution in [0.3, 0.4) is 0 Å². The van der Waals surface area contributed by atoms with E-state index in [0.29, 0.717) is 22.9 Å². The summed E-state index contributed by atoms with van der Waals surface area (Å²) in [7, 11) is 0. The molecule has 5 nitrogen and oxygen atoms in total. The van der Waals surface area contributed by atoms with Gasteiger partial charge in [0, 0.05) is 38.3 Å². The van der Waals surface area contributed by atoms with E-state index in [4.69, 9.17) is 5.73 Å². The molecule has 26 heavy (non-hydrogen) atoms. The Kier molecular flexibility index (Phi) is 5.43. The van der Waals surface area contributed by atoms with Gasteiger partial charge in [0.25, 0.3) is 0 Å². The summed E-state index contributed by atoms with van der Waals surface area (Å²) in [4.78, 5) is 13.5. The highest BCUT2D eigenvalue weighted by molar-refractivity contribution is 5.61. The van der Waals surface area contributed by atoms with Crippen LogP contribution < -0.4 is 10.6 Å². The second-order valence-corrected chi connectivity index (χ2v) is 6.25. The van der Waals surface area contributed by atoms with Gasteiger partial charge in [-0.1, -0.05) is 19.1 Å². The Labute approximate surface area is 150 Å². The van der Waals surface area contributed by atoms with Gasteiger partial charge < -0.3 is 15.5 Å². The molecule has 0 saturated carbocycles. The van der Waals surface area contributed by atoms with Crippen LogP contribution in [-0.4, -0.2) is 47.6 Å². The van der Waals surface area contributed by atoms with Crippen molar-refractivity contribution >= 4 is 5.95 Å². The standard InChI is InChI=1S/C18H22F3N5/c1-2-25-7-9-26(10-8-25)17-23-15(12-22)11-16(24-17)13-3-5-14(6-4-13)18(19,20)21/h3-6,11H,2,7-10,12,22H2,1H3. The molecule has 8 heteroatoms. The molecule has 1 saturated heterocycles. The fourth-order valence-electron chi connectivity index (χ4n) is 2.97. The molecule has 3 rings (SSSR count). The number of piperazine rings is 1. The Morgan fingerprint density at radius 1 is 1.04 bits per heavy atom. The number of likely N-dealkylation sites (N-methyl/N-ethyl adjacent to an activating group) is 1. The Morgan fingerprint density at radius 3 is 2.23 bits per heavy atom. The minimum Gasteiger partial charge on any atom is -0.338 e. The van der Waals surface area contributed by atoms with Gasteiger partial charge in [0.2, 0.25) is 5.95 Å². The van der Waals surface area contributed by atoms with E-state index >= 15 is 0 Å². The molecular formula is C18H22F3N5. The topological polar surface area (TPSA) is 58.3 Å². The number of halogens is 3. The molecule has 0 radical (unpaired) electrons. The van der Waals surface area contributed by atoms with Crippen LogP contribution in [0.2, 0.25) is 0 Å². The van der Waals surface area contributed by atoms with Crippen LogP contribution >= 0.6 is 0 Å². The summed E-state index contributed by atoms with van der Waals surface area (Å²) in [5.41, 5.74) is 6.95. The fraction of sp³-hybridized carbons (Fsp3) is 0.444. The second-order valence-electron chi connectivity index (χ2n) is 6.25. The molecule has 1 aromatic carbocycles. The van der Waals surface area contributed by atoms with E-state index in [2.05, 4.69) is 26.7 Å². The molecule has 1 aliphatic rings. The van der Waals surface area contributed by atoms with Gasteiger partial charge in [-0.3, -0.25) is 0 Å². The normalized spacial score (nSPS) is 16.1. The van der Waals surface area contributed by atoms with E-state index in [0.717, 1.165) is 44.9 Å². The third-order valence-electron chi connectivity index (χ3n) is 4.59. The molecule has 2 heterocycles. The summed E-state index contributed by atoms with van der Waals surface area (Å²) in [5, 5.41) is 0.